The van der Waals surface area contributed by atoms with E-state index in [0.717, 1.165) is 0 Å². The molecule has 0 aliphatic carbocycles. The predicted molar refractivity (Wildman–Crippen MR) is 73.7 cm³/mol. The summed E-state index contributed by atoms with van der Waals surface area (Å²) in [5.74, 6) is 0. The van der Waals surface area contributed by atoms with Gasteiger partial charge in [0.15, 0.2) is 0 Å². The van der Waals surface area contributed by atoms with Crippen molar-refractivity contribution in [2.24, 2.45) is 0 Å². The number of carbonyl (C=O) groups excluding carboxylic acids is 1. The van der Waals surface area contributed by atoms with E-state index in [-0.39, 0.29) is 18.7 Å². The molecule has 2 N–H and O–H groups in total. The Morgan fingerprint density at radius 1 is 1.42 bits per heavy atom. The summed E-state index contributed by atoms with van der Waals surface area (Å²) < 4.78 is 0. The van der Waals surface area contributed by atoms with Gasteiger partial charge in [0.05, 0.1) is 11.6 Å². The lowest BCUT2D eigenvalue weighted by Gasteiger charge is -2.26. The first-order valence-corrected chi connectivity index (χ1v) is 6.27. The quantitative estimate of drug-likeness (QED) is 0.853. The van der Waals surface area contributed by atoms with Crippen LogP contribution in [0.2, 0.25) is 0 Å². The molecule has 1 aromatic carbocycles. The van der Waals surface area contributed by atoms with E-state index < -0.39 is 0 Å². The summed E-state index contributed by atoms with van der Waals surface area (Å²) in [5.41, 5.74) is 1.21. The number of nitrogens with one attached hydrogen (secondary N) is 1. The van der Waals surface area contributed by atoms with Crippen LogP contribution in [0, 0.1) is 11.3 Å². The zero-order chi connectivity index (χ0) is 14.3. The van der Waals surface area contributed by atoms with Crippen LogP contribution in [0.25, 0.3) is 0 Å². The van der Waals surface area contributed by atoms with Crippen molar-refractivity contribution in [3.05, 3.63) is 29.8 Å². The van der Waals surface area contributed by atoms with Crippen LogP contribution >= 0.6 is 0 Å². The molecule has 0 saturated carbocycles. The highest BCUT2D eigenvalue weighted by atomic mass is 16.3. The largest absolute Gasteiger partial charge is 0.396 e. The molecule has 0 aliphatic rings. The van der Waals surface area contributed by atoms with E-state index in [1.54, 1.807) is 29.2 Å². The van der Waals surface area contributed by atoms with Crippen molar-refractivity contribution in [1.29, 1.82) is 5.26 Å². The Labute approximate surface area is 113 Å². The summed E-state index contributed by atoms with van der Waals surface area (Å²) in [6, 6.07) is 8.59. The fourth-order valence-corrected chi connectivity index (χ4v) is 1.66. The average Bonchev–Trinajstić information content (AvgIpc) is 2.39. The second-order valence-electron chi connectivity index (χ2n) is 4.48. The van der Waals surface area contributed by atoms with Crippen molar-refractivity contribution in [3.8, 4) is 6.07 Å². The molecular formula is C14H19N3O2. The van der Waals surface area contributed by atoms with E-state index in [2.05, 4.69) is 5.32 Å². The highest BCUT2D eigenvalue weighted by molar-refractivity contribution is 5.89. The fraction of sp³-hybridized carbons (Fsp3) is 0.429. The number of rotatable bonds is 5. The van der Waals surface area contributed by atoms with Crippen molar-refractivity contribution in [3.63, 3.8) is 0 Å². The van der Waals surface area contributed by atoms with Gasteiger partial charge in [-0.05, 0) is 44.5 Å². The van der Waals surface area contributed by atoms with Crippen LogP contribution in [-0.4, -0.2) is 35.2 Å². The number of nitriles is 1. The molecule has 0 atom stereocenters. The Hall–Kier alpha value is -2.06. The van der Waals surface area contributed by atoms with Gasteiger partial charge in [0.1, 0.15) is 0 Å². The Kier molecular flexibility index (Phi) is 5.83. The fourth-order valence-electron chi connectivity index (χ4n) is 1.66. The lowest BCUT2D eigenvalue weighted by atomic mass is 10.2. The topological polar surface area (TPSA) is 76.4 Å². The highest BCUT2D eigenvalue weighted by Crippen LogP contribution is 2.11. The number of nitrogens with zero attached hydrogens (tertiary/aromatic N) is 2. The minimum absolute atomic E-state index is 0.0601. The van der Waals surface area contributed by atoms with Gasteiger partial charge in [-0.1, -0.05) is 0 Å². The van der Waals surface area contributed by atoms with Crippen LogP contribution in [0.15, 0.2) is 24.3 Å². The van der Waals surface area contributed by atoms with Crippen molar-refractivity contribution in [1.82, 2.24) is 4.90 Å². The van der Waals surface area contributed by atoms with E-state index in [0.29, 0.717) is 24.2 Å². The number of urea groups is 1. The standard InChI is InChI=1S/C14H19N3O2/c1-11(2)17(8-3-9-18)14(19)16-13-6-4-12(10-15)5-7-13/h4-7,11,18H,3,8-9H2,1-2H3,(H,16,19). The third-order valence-corrected chi connectivity index (χ3v) is 2.71. The molecule has 0 radical (unpaired) electrons. The summed E-state index contributed by atoms with van der Waals surface area (Å²) >= 11 is 0. The lowest BCUT2D eigenvalue weighted by Crippen LogP contribution is -2.40. The zero-order valence-corrected chi connectivity index (χ0v) is 11.3. The van der Waals surface area contributed by atoms with Gasteiger partial charge in [0.25, 0.3) is 0 Å². The van der Waals surface area contributed by atoms with Crippen LogP contribution in [0.4, 0.5) is 10.5 Å². The molecule has 1 rings (SSSR count). The number of hydrogen-bond donors (Lipinski definition) is 2. The molecule has 19 heavy (non-hydrogen) atoms. The van der Waals surface area contributed by atoms with Crippen molar-refractivity contribution < 1.29 is 9.90 Å². The first-order chi connectivity index (χ1) is 9.08. The Balaban J connectivity index is 2.67. The number of carbonyl (C=O) groups is 1. The molecule has 0 bridgehead atoms. The van der Waals surface area contributed by atoms with Crippen molar-refractivity contribution in [2.75, 3.05) is 18.5 Å². The maximum absolute atomic E-state index is 12.1. The highest BCUT2D eigenvalue weighted by Gasteiger charge is 2.16. The van der Waals surface area contributed by atoms with Gasteiger partial charge in [0.2, 0.25) is 0 Å². The van der Waals surface area contributed by atoms with Gasteiger partial charge in [-0.15, -0.1) is 0 Å². The maximum atomic E-state index is 12.1. The SMILES string of the molecule is CC(C)N(CCCO)C(=O)Nc1ccc(C#N)cc1. The Morgan fingerprint density at radius 3 is 2.53 bits per heavy atom. The Bertz CT molecular complexity index is 449. The first-order valence-electron chi connectivity index (χ1n) is 6.27. The van der Waals surface area contributed by atoms with Crippen molar-refractivity contribution in [2.45, 2.75) is 26.3 Å². The summed E-state index contributed by atoms with van der Waals surface area (Å²) in [4.78, 5) is 13.7. The zero-order valence-electron chi connectivity index (χ0n) is 11.3. The van der Waals surface area contributed by atoms with Crippen LogP contribution < -0.4 is 5.32 Å². The average molecular weight is 261 g/mol. The van der Waals surface area contributed by atoms with Gasteiger partial charge in [-0.25, -0.2) is 4.79 Å². The van der Waals surface area contributed by atoms with Gasteiger partial charge >= 0.3 is 6.03 Å². The summed E-state index contributed by atoms with van der Waals surface area (Å²) in [5, 5.41) is 20.3. The molecular weight excluding hydrogens is 242 g/mol. The van der Waals surface area contributed by atoms with Crippen molar-refractivity contribution >= 4 is 11.7 Å². The molecule has 5 heteroatoms. The molecule has 0 fully saturated rings. The number of amides is 2. The lowest BCUT2D eigenvalue weighted by molar-refractivity contribution is 0.186. The summed E-state index contributed by atoms with van der Waals surface area (Å²) in [6.45, 7) is 4.43. The number of hydrogen-bond acceptors (Lipinski definition) is 3. The molecule has 0 unspecified atom stereocenters. The van der Waals surface area contributed by atoms with E-state index in [1.165, 1.54) is 0 Å². The van der Waals surface area contributed by atoms with Crippen LogP contribution in [-0.2, 0) is 0 Å². The molecule has 1 aromatic rings. The van der Waals surface area contributed by atoms with E-state index >= 15 is 0 Å². The third kappa shape index (κ3) is 4.60. The smallest absolute Gasteiger partial charge is 0.322 e. The third-order valence-electron chi connectivity index (χ3n) is 2.71. The van der Waals surface area contributed by atoms with E-state index in [9.17, 15) is 4.79 Å². The predicted octanol–water partition coefficient (Wildman–Crippen LogP) is 2.18. The minimum atomic E-state index is -0.201. The summed E-state index contributed by atoms with van der Waals surface area (Å²) in [6.07, 6.45) is 0.555. The van der Waals surface area contributed by atoms with Crippen LogP contribution in [0.3, 0.4) is 0 Å². The normalized spacial score (nSPS) is 10.1. The van der Waals surface area contributed by atoms with E-state index in [1.807, 2.05) is 19.9 Å². The second kappa shape index (κ2) is 7.39. The number of aliphatic hydroxyl groups is 1. The molecule has 0 spiro atoms. The molecule has 0 heterocycles. The van der Waals surface area contributed by atoms with Crippen LogP contribution in [0.5, 0.6) is 0 Å². The van der Waals surface area contributed by atoms with Crippen LogP contribution in [0.1, 0.15) is 25.8 Å². The van der Waals surface area contributed by atoms with Gasteiger partial charge in [-0.3, -0.25) is 0 Å². The molecule has 0 aromatic heterocycles. The molecule has 5 nitrogen and oxygen atoms in total. The molecule has 0 saturated heterocycles. The number of anilines is 1. The summed E-state index contributed by atoms with van der Waals surface area (Å²) in [7, 11) is 0. The maximum Gasteiger partial charge on any atom is 0.322 e. The van der Waals surface area contributed by atoms with Gasteiger partial charge < -0.3 is 15.3 Å². The van der Waals surface area contributed by atoms with Gasteiger partial charge in [0, 0.05) is 24.9 Å². The van der Waals surface area contributed by atoms with E-state index in [4.69, 9.17) is 10.4 Å². The second-order valence-corrected chi connectivity index (χ2v) is 4.48. The molecule has 2 amide bonds. The Morgan fingerprint density at radius 2 is 2.05 bits per heavy atom. The monoisotopic (exact) mass is 261 g/mol. The molecule has 102 valence electrons. The first kappa shape index (κ1) is 15.0. The number of benzene rings is 1. The number of aliphatic hydroxyl groups excluding tert-OH is 1. The van der Waals surface area contributed by atoms with Gasteiger partial charge in [-0.2, -0.15) is 5.26 Å². The molecule has 0 aliphatic heterocycles. The minimum Gasteiger partial charge on any atom is -0.396 e.